The van der Waals surface area contributed by atoms with Crippen LogP contribution in [0.25, 0.3) is 0 Å². The number of hydrogen-bond donors (Lipinski definition) is 2. The van der Waals surface area contributed by atoms with Crippen molar-refractivity contribution in [2.24, 2.45) is 0 Å². The molecule has 0 fully saturated rings. The minimum atomic E-state index is -0.907. The summed E-state index contributed by atoms with van der Waals surface area (Å²) in [6.07, 6.45) is 0. The highest BCUT2D eigenvalue weighted by atomic mass is 16.4. The predicted molar refractivity (Wildman–Crippen MR) is 76.6 cm³/mol. The Morgan fingerprint density at radius 1 is 1.16 bits per heavy atom. The third-order valence-corrected chi connectivity index (χ3v) is 3.09. The Morgan fingerprint density at radius 3 is 2.63 bits per heavy atom. The zero-order valence-electron chi connectivity index (χ0n) is 11.1. The van der Waals surface area contributed by atoms with Gasteiger partial charge in [0.1, 0.15) is 0 Å². The summed E-state index contributed by atoms with van der Waals surface area (Å²) in [6, 6.07) is 13.2. The summed E-state index contributed by atoms with van der Waals surface area (Å²) in [6.45, 7) is 4.84. The number of rotatable bonds is 4. The Hall–Kier alpha value is -2.29. The second kappa shape index (κ2) is 5.57. The minimum absolute atomic E-state index is 0.297. The molecule has 2 rings (SSSR count). The van der Waals surface area contributed by atoms with Crippen LogP contribution in [0.4, 0.5) is 5.69 Å². The summed E-state index contributed by atoms with van der Waals surface area (Å²) in [5.74, 6) is -0.907. The predicted octanol–water partition coefficient (Wildman–Crippen LogP) is 3.61. The van der Waals surface area contributed by atoms with Gasteiger partial charge in [0.05, 0.1) is 5.56 Å². The van der Waals surface area contributed by atoms with E-state index in [-0.39, 0.29) is 0 Å². The summed E-state index contributed by atoms with van der Waals surface area (Å²) >= 11 is 0. The Labute approximate surface area is 112 Å². The molecule has 0 aromatic heterocycles. The number of aromatic carboxylic acids is 1. The van der Waals surface area contributed by atoms with Crippen molar-refractivity contribution in [2.75, 3.05) is 5.32 Å². The highest BCUT2D eigenvalue weighted by molar-refractivity contribution is 5.88. The molecule has 19 heavy (non-hydrogen) atoms. The van der Waals surface area contributed by atoms with Gasteiger partial charge < -0.3 is 10.4 Å². The first kappa shape index (κ1) is 13.1. The van der Waals surface area contributed by atoms with Crippen LogP contribution in [0.3, 0.4) is 0 Å². The van der Waals surface area contributed by atoms with Gasteiger partial charge in [0.2, 0.25) is 0 Å². The second-order valence-electron chi connectivity index (χ2n) is 4.67. The molecule has 0 saturated heterocycles. The first-order valence-electron chi connectivity index (χ1n) is 6.19. The smallest absolute Gasteiger partial charge is 0.335 e. The average molecular weight is 255 g/mol. The highest BCUT2D eigenvalue weighted by Crippen LogP contribution is 2.15. The van der Waals surface area contributed by atoms with E-state index in [2.05, 4.69) is 37.4 Å². The number of hydrogen-bond acceptors (Lipinski definition) is 2. The molecule has 0 atom stereocenters. The maximum Gasteiger partial charge on any atom is 0.335 e. The fraction of sp³-hybridized carbons (Fsp3) is 0.188. The molecule has 98 valence electrons. The van der Waals surface area contributed by atoms with Gasteiger partial charge in [0.15, 0.2) is 0 Å². The van der Waals surface area contributed by atoms with Crippen LogP contribution in [0.5, 0.6) is 0 Å². The molecule has 0 spiro atoms. The zero-order valence-corrected chi connectivity index (χ0v) is 11.1. The topological polar surface area (TPSA) is 49.3 Å². The molecule has 0 heterocycles. The summed E-state index contributed by atoms with van der Waals surface area (Å²) in [5, 5.41) is 12.2. The van der Waals surface area contributed by atoms with Crippen LogP contribution >= 0.6 is 0 Å². The molecule has 0 aliphatic heterocycles. The molecule has 2 aromatic carbocycles. The number of benzene rings is 2. The van der Waals surface area contributed by atoms with Crippen LogP contribution in [0.2, 0.25) is 0 Å². The maximum atomic E-state index is 10.9. The molecular weight excluding hydrogens is 238 g/mol. The van der Waals surface area contributed by atoms with Crippen LogP contribution in [0, 0.1) is 13.8 Å². The van der Waals surface area contributed by atoms with Crippen LogP contribution in [-0.2, 0) is 6.54 Å². The number of anilines is 1. The van der Waals surface area contributed by atoms with Crippen LogP contribution < -0.4 is 5.32 Å². The third kappa shape index (κ3) is 3.35. The van der Waals surface area contributed by atoms with E-state index in [1.165, 1.54) is 16.7 Å². The molecule has 2 aromatic rings. The third-order valence-electron chi connectivity index (χ3n) is 3.09. The van der Waals surface area contributed by atoms with Crippen LogP contribution in [-0.4, -0.2) is 11.1 Å². The first-order chi connectivity index (χ1) is 9.06. The largest absolute Gasteiger partial charge is 0.478 e. The molecule has 0 aliphatic carbocycles. The number of nitrogens with one attached hydrogen (secondary N) is 1. The molecule has 0 saturated carbocycles. The van der Waals surface area contributed by atoms with Gasteiger partial charge in [-0.05, 0) is 43.2 Å². The minimum Gasteiger partial charge on any atom is -0.478 e. The van der Waals surface area contributed by atoms with Crippen molar-refractivity contribution in [3.8, 4) is 0 Å². The molecule has 3 nitrogen and oxygen atoms in total. The monoisotopic (exact) mass is 255 g/mol. The summed E-state index contributed by atoms with van der Waals surface area (Å²) in [7, 11) is 0. The zero-order chi connectivity index (χ0) is 13.8. The van der Waals surface area contributed by atoms with Crippen molar-refractivity contribution in [3.05, 3.63) is 64.7 Å². The molecule has 0 amide bonds. The van der Waals surface area contributed by atoms with Crippen molar-refractivity contribution in [2.45, 2.75) is 20.4 Å². The molecule has 0 unspecified atom stereocenters. The molecule has 3 heteroatoms. The van der Waals surface area contributed by atoms with Gasteiger partial charge in [0.25, 0.3) is 0 Å². The van der Waals surface area contributed by atoms with Crippen LogP contribution in [0.15, 0.2) is 42.5 Å². The van der Waals surface area contributed by atoms with Gasteiger partial charge in [0, 0.05) is 12.2 Å². The lowest BCUT2D eigenvalue weighted by Gasteiger charge is -2.10. The van der Waals surface area contributed by atoms with E-state index < -0.39 is 5.97 Å². The number of aryl methyl sites for hydroxylation is 2. The first-order valence-corrected chi connectivity index (χ1v) is 6.19. The summed E-state index contributed by atoms with van der Waals surface area (Å²) in [4.78, 5) is 10.9. The highest BCUT2D eigenvalue weighted by Gasteiger charge is 2.03. The molecular formula is C16H17NO2. The number of carbonyl (C=O) groups is 1. The Morgan fingerprint density at radius 2 is 1.95 bits per heavy atom. The van der Waals surface area contributed by atoms with E-state index in [4.69, 9.17) is 5.11 Å². The second-order valence-corrected chi connectivity index (χ2v) is 4.67. The molecule has 0 radical (unpaired) electrons. The quantitative estimate of drug-likeness (QED) is 0.877. The summed E-state index contributed by atoms with van der Waals surface area (Å²) in [5.41, 5.74) is 4.81. The lowest BCUT2D eigenvalue weighted by molar-refractivity contribution is 0.0697. The molecule has 2 N–H and O–H groups in total. The Bertz CT molecular complexity index is 605. The van der Waals surface area contributed by atoms with Crippen molar-refractivity contribution >= 4 is 11.7 Å². The average Bonchev–Trinajstić information content (AvgIpc) is 2.38. The Kier molecular flexibility index (Phi) is 3.85. The lowest BCUT2D eigenvalue weighted by Crippen LogP contribution is -2.03. The summed E-state index contributed by atoms with van der Waals surface area (Å²) < 4.78 is 0. The normalized spacial score (nSPS) is 10.2. The van der Waals surface area contributed by atoms with E-state index in [9.17, 15) is 4.79 Å². The SMILES string of the molecule is Cc1ccc(CNc2cccc(C(=O)O)c2)c(C)c1. The van der Waals surface area contributed by atoms with Gasteiger partial charge >= 0.3 is 5.97 Å². The van der Waals surface area contributed by atoms with E-state index in [0.29, 0.717) is 12.1 Å². The van der Waals surface area contributed by atoms with Crippen molar-refractivity contribution in [1.29, 1.82) is 0 Å². The van der Waals surface area contributed by atoms with Gasteiger partial charge in [-0.25, -0.2) is 4.79 Å². The van der Waals surface area contributed by atoms with E-state index in [0.717, 1.165) is 5.69 Å². The fourth-order valence-electron chi connectivity index (χ4n) is 2.00. The maximum absolute atomic E-state index is 10.9. The van der Waals surface area contributed by atoms with E-state index in [1.54, 1.807) is 18.2 Å². The standard InChI is InChI=1S/C16H17NO2/c1-11-6-7-14(12(2)8-11)10-17-15-5-3-4-13(9-15)16(18)19/h3-9,17H,10H2,1-2H3,(H,18,19). The number of carboxylic acid groups (broad SMARTS) is 1. The van der Waals surface area contributed by atoms with E-state index >= 15 is 0 Å². The fourth-order valence-corrected chi connectivity index (χ4v) is 2.00. The molecule has 0 bridgehead atoms. The Balaban J connectivity index is 2.10. The van der Waals surface area contributed by atoms with Gasteiger partial charge in [-0.3, -0.25) is 0 Å². The van der Waals surface area contributed by atoms with Gasteiger partial charge in [-0.1, -0.05) is 29.8 Å². The van der Waals surface area contributed by atoms with Gasteiger partial charge in [-0.2, -0.15) is 0 Å². The molecule has 0 aliphatic rings. The van der Waals surface area contributed by atoms with Crippen molar-refractivity contribution in [3.63, 3.8) is 0 Å². The van der Waals surface area contributed by atoms with E-state index in [1.807, 2.05) is 6.07 Å². The number of carboxylic acids is 1. The van der Waals surface area contributed by atoms with Crippen molar-refractivity contribution < 1.29 is 9.90 Å². The van der Waals surface area contributed by atoms with Crippen LogP contribution in [0.1, 0.15) is 27.0 Å². The van der Waals surface area contributed by atoms with Gasteiger partial charge in [-0.15, -0.1) is 0 Å². The lowest BCUT2D eigenvalue weighted by atomic mass is 10.1. The van der Waals surface area contributed by atoms with Crippen molar-refractivity contribution in [1.82, 2.24) is 0 Å².